The highest BCUT2D eigenvalue weighted by molar-refractivity contribution is 5.91. The van der Waals surface area contributed by atoms with Crippen molar-refractivity contribution in [3.63, 3.8) is 0 Å². The van der Waals surface area contributed by atoms with Gasteiger partial charge >= 0.3 is 11.9 Å². The van der Waals surface area contributed by atoms with Crippen molar-refractivity contribution in [3.05, 3.63) is 77.4 Å². The van der Waals surface area contributed by atoms with Gasteiger partial charge in [0.25, 0.3) is 0 Å². The quantitative estimate of drug-likeness (QED) is 0.204. The Hall–Kier alpha value is -3.45. The predicted octanol–water partition coefficient (Wildman–Crippen LogP) is 5.10. The van der Waals surface area contributed by atoms with E-state index in [9.17, 15) is 14.4 Å². The van der Waals surface area contributed by atoms with Crippen molar-refractivity contribution in [2.45, 2.75) is 66.5 Å². The van der Waals surface area contributed by atoms with Crippen LogP contribution in [0.3, 0.4) is 0 Å². The van der Waals surface area contributed by atoms with Crippen molar-refractivity contribution in [1.29, 1.82) is 0 Å². The van der Waals surface area contributed by atoms with Gasteiger partial charge in [0, 0.05) is 13.0 Å². The van der Waals surface area contributed by atoms with Gasteiger partial charge in [-0.3, -0.25) is 4.79 Å². The second-order valence-electron chi connectivity index (χ2n) is 10.6. The van der Waals surface area contributed by atoms with Gasteiger partial charge in [0.1, 0.15) is 11.8 Å². The van der Waals surface area contributed by atoms with Crippen molar-refractivity contribution in [2.24, 2.45) is 11.8 Å². The van der Waals surface area contributed by atoms with Gasteiger partial charge in [-0.2, -0.15) is 0 Å². The number of carbonyl (C=O) groups is 3. The standard InChI is InChI=1S/C31H42N2O5/c1-21(2)16-17-32-27(18-22(3)4)29(34)33-28(31(36)37-20-23(5)6)19-24-12-14-26(15-13-24)38-30(35)25-10-8-7-9-11-25/h7-16,22-23,27-28,32H,17-20H2,1-6H3,(H,33,34)/t27-,28-/m0/s1. The number of ether oxygens (including phenoxy) is 2. The smallest absolute Gasteiger partial charge is 0.343 e. The minimum Gasteiger partial charge on any atom is -0.464 e. The van der Waals surface area contributed by atoms with Crippen LogP contribution < -0.4 is 15.4 Å². The summed E-state index contributed by atoms with van der Waals surface area (Å²) in [5.74, 6) is -0.292. The summed E-state index contributed by atoms with van der Waals surface area (Å²) in [5.41, 5.74) is 2.42. The molecule has 7 heteroatoms. The van der Waals surface area contributed by atoms with Gasteiger partial charge in [0.05, 0.1) is 18.2 Å². The summed E-state index contributed by atoms with van der Waals surface area (Å²) in [7, 11) is 0. The van der Waals surface area contributed by atoms with E-state index in [1.807, 2.05) is 39.8 Å². The van der Waals surface area contributed by atoms with Crippen LogP contribution in [0.4, 0.5) is 0 Å². The third-order valence-corrected chi connectivity index (χ3v) is 5.64. The Balaban J connectivity index is 2.13. The lowest BCUT2D eigenvalue weighted by Gasteiger charge is -2.24. The van der Waals surface area contributed by atoms with E-state index in [0.717, 1.165) is 11.1 Å². The fourth-order valence-electron chi connectivity index (χ4n) is 3.64. The predicted molar refractivity (Wildman–Crippen MR) is 150 cm³/mol. The number of carbonyl (C=O) groups excluding carboxylic acids is 3. The lowest BCUT2D eigenvalue weighted by Crippen LogP contribution is -2.52. The number of benzene rings is 2. The molecule has 0 aromatic heterocycles. The average Bonchev–Trinajstić information content (AvgIpc) is 2.87. The Morgan fingerprint density at radius 3 is 2.11 bits per heavy atom. The molecule has 0 fully saturated rings. The van der Waals surface area contributed by atoms with Gasteiger partial charge in [0.2, 0.25) is 5.91 Å². The zero-order chi connectivity index (χ0) is 28.1. The molecule has 0 radical (unpaired) electrons. The normalized spacial score (nSPS) is 12.5. The molecule has 206 valence electrons. The maximum absolute atomic E-state index is 13.2. The van der Waals surface area contributed by atoms with E-state index in [0.29, 0.717) is 30.2 Å². The SMILES string of the molecule is CC(C)=CCN[C@@H](CC(C)C)C(=O)N[C@@H](Cc1ccc(OC(=O)c2ccccc2)cc1)C(=O)OCC(C)C. The maximum atomic E-state index is 13.2. The van der Waals surface area contributed by atoms with E-state index in [2.05, 4.69) is 24.5 Å². The Bertz CT molecular complexity index is 1060. The van der Waals surface area contributed by atoms with Crippen LogP contribution in [0.25, 0.3) is 0 Å². The fraction of sp³-hybridized carbons (Fsp3) is 0.452. The summed E-state index contributed by atoms with van der Waals surface area (Å²) in [6.45, 7) is 12.9. The van der Waals surface area contributed by atoms with Crippen LogP contribution in [-0.4, -0.2) is 43.1 Å². The number of allylic oxidation sites excluding steroid dienone is 1. The molecule has 0 spiro atoms. The molecule has 0 aliphatic rings. The fourth-order valence-corrected chi connectivity index (χ4v) is 3.64. The topological polar surface area (TPSA) is 93.7 Å². The number of hydrogen-bond donors (Lipinski definition) is 2. The van der Waals surface area contributed by atoms with Crippen molar-refractivity contribution in [1.82, 2.24) is 10.6 Å². The molecule has 2 N–H and O–H groups in total. The molecule has 2 rings (SSSR count). The van der Waals surface area contributed by atoms with Crippen LogP contribution in [0, 0.1) is 11.8 Å². The molecule has 1 amide bonds. The maximum Gasteiger partial charge on any atom is 0.343 e. The highest BCUT2D eigenvalue weighted by Gasteiger charge is 2.27. The molecule has 0 aliphatic heterocycles. The number of amides is 1. The molecule has 0 saturated carbocycles. The summed E-state index contributed by atoms with van der Waals surface area (Å²) >= 11 is 0. The summed E-state index contributed by atoms with van der Waals surface area (Å²) in [4.78, 5) is 38.5. The second kappa shape index (κ2) is 15.7. The summed E-state index contributed by atoms with van der Waals surface area (Å²) in [6.07, 6.45) is 2.91. The van der Waals surface area contributed by atoms with Gasteiger partial charge in [-0.1, -0.05) is 69.7 Å². The van der Waals surface area contributed by atoms with E-state index in [4.69, 9.17) is 9.47 Å². The van der Waals surface area contributed by atoms with Gasteiger partial charge in [-0.05, 0) is 61.9 Å². The first kappa shape index (κ1) is 30.8. The van der Waals surface area contributed by atoms with E-state index < -0.39 is 24.0 Å². The summed E-state index contributed by atoms with van der Waals surface area (Å²) < 4.78 is 10.9. The van der Waals surface area contributed by atoms with Crippen molar-refractivity contribution in [3.8, 4) is 5.75 Å². The first-order valence-corrected chi connectivity index (χ1v) is 13.2. The third kappa shape index (κ3) is 11.3. The molecule has 2 atom stereocenters. The second-order valence-corrected chi connectivity index (χ2v) is 10.6. The first-order chi connectivity index (χ1) is 18.0. The zero-order valence-electron chi connectivity index (χ0n) is 23.5. The molecule has 38 heavy (non-hydrogen) atoms. The average molecular weight is 523 g/mol. The Labute approximate surface area is 227 Å². The van der Waals surface area contributed by atoms with Gasteiger partial charge < -0.3 is 20.1 Å². The van der Waals surface area contributed by atoms with Crippen LogP contribution >= 0.6 is 0 Å². The van der Waals surface area contributed by atoms with Gasteiger partial charge in [-0.25, -0.2) is 9.59 Å². The van der Waals surface area contributed by atoms with Crippen LogP contribution in [0.15, 0.2) is 66.2 Å². The molecule has 2 aromatic rings. The highest BCUT2D eigenvalue weighted by atomic mass is 16.5. The van der Waals surface area contributed by atoms with Crippen LogP contribution in [-0.2, 0) is 20.7 Å². The molecule has 0 aliphatic carbocycles. The highest BCUT2D eigenvalue weighted by Crippen LogP contribution is 2.16. The van der Waals surface area contributed by atoms with Crippen molar-refractivity contribution < 1.29 is 23.9 Å². The lowest BCUT2D eigenvalue weighted by molar-refractivity contribution is -0.149. The summed E-state index contributed by atoms with van der Waals surface area (Å²) in [6, 6.07) is 14.4. The molecular weight excluding hydrogens is 480 g/mol. The molecule has 7 nitrogen and oxygen atoms in total. The minimum absolute atomic E-state index is 0.174. The molecule has 0 heterocycles. The van der Waals surface area contributed by atoms with E-state index in [1.54, 1.807) is 48.5 Å². The Morgan fingerprint density at radius 1 is 0.868 bits per heavy atom. The molecule has 0 bridgehead atoms. The van der Waals surface area contributed by atoms with Crippen molar-refractivity contribution in [2.75, 3.05) is 13.2 Å². The molecular formula is C31H42N2O5. The van der Waals surface area contributed by atoms with E-state index in [1.165, 1.54) is 0 Å². The Kier molecular flexibility index (Phi) is 12.7. The number of hydrogen-bond acceptors (Lipinski definition) is 6. The number of rotatable bonds is 14. The van der Waals surface area contributed by atoms with Crippen LogP contribution in [0.2, 0.25) is 0 Å². The van der Waals surface area contributed by atoms with Crippen molar-refractivity contribution >= 4 is 17.8 Å². The number of esters is 2. The lowest BCUT2D eigenvalue weighted by atomic mass is 10.0. The molecule has 2 aromatic carbocycles. The zero-order valence-corrected chi connectivity index (χ0v) is 23.5. The molecule has 0 saturated heterocycles. The van der Waals surface area contributed by atoms with Crippen LogP contribution in [0.1, 0.15) is 63.9 Å². The minimum atomic E-state index is -0.848. The summed E-state index contributed by atoms with van der Waals surface area (Å²) in [5, 5.41) is 6.21. The van der Waals surface area contributed by atoms with Gasteiger partial charge in [0.15, 0.2) is 0 Å². The van der Waals surface area contributed by atoms with Crippen LogP contribution in [0.5, 0.6) is 5.75 Å². The van der Waals surface area contributed by atoms with E-state index in [-0.39, 0.29) is 24.9 Å². The third-order valence-electron chi connectivity index (χ3n) is 5.64. The van der Waals surface area contributed by atoms with Gasteiger partial charge in [-0.15, -0.1) is 0 Å². The molecule has 0 unspecified atom stereocenters. The largest absolute Gasteiger partial charge is 0.464 e. The Morgan fingerprint density at radius 2 is 1.53 bits per heavy atom. The van der Waals surface area contributed by atoms with E-state index >= 15 is 0 Å². The monoisotopic (exact) mass is 522 g/mol. The first-order valence-electron chi connectivity index (χ1n) is 13.2. The number of nitrogens with one attached hydrogen (secondary N) is 2.